The van der Waals surface area contributed by atoms with Gasteiger partial charge in [0, 0.05) is 13.0 Å². The van der Waals surface area contributed by atoms with E-state index >= 15 is 0 Å². The molecule has 0 unspecified atom stereocenters. The maximum Gasteiger partial charge on any atom is 0.306 e. The molecular weight excluding hydrogens is 242 g/mol. The van der Waals surface area contributed by atoms with Gasteiger partial charge in [-0.2, -0.15) is 0 Å². The van der Waals surface area contributed by atoms with Crippen molar-refractivity contribution in [3.05, 3.63) is 35.4 Å². The van der Waals surface area contributed by atoms with E-state index in [0.717, 1.165) is 5.56 Å². The van der Waals surface area contributed by atoms with E-state index in [4.69, 9.17) is 0 Å². The molecule has 0 aliphatic rings. The maximum atomic E-state index is 11.5. The molecule has 0 saturated carbocycles. The predicted octanol–water partition coefficient (Wildman–Crippen LogP) is 2.38. The number of hydrogen-bond acceptors (Lipinski definition) is 3. The summed E-state index contributed by atoms with van der Waals surface area (Å²) in [5.74, 6) is -0.00142. The van der Waals surface area contributed by atoms with Gasteiger partial charge in [-0.05, 0) is 17.0 Å². The number of hydrogen-bond donors (Lipinski definition) is 1. The molecule has 1 N–H and O–H groups in total. The molecule has 1 amide bonds. The fraction of sp³-hybridized carbons (Fsp3) is 0.467. The number of rotatable bonds is 6. The average molecular weight is 263 g/mol. The minimum Gasteiger partial charge on any atom is -0.469 e. The molecule has 0 aliphatic heterocycles. The molecule has 1 rings (SSSR count). The number of benzene rings is 1. The van der Waals surface area contributed by atoms with Gasteiger partial charge >= 0.3 is 5.97 Å². The number of methoxy groups -OCH3 is 1. The van der Waals surface area contributed by atoms with Crippen LogP contribution < -0.4 is 5.32 Å². The highest BCUT2D eigenvalue weighted by molar-refractivity contribution is 5.81. The van der Waals surface area contributed by atoms with E-state index in [9.17, 15) is 9.59 Å². The fourth-order valence-corrected chi connectivity index (χ4v) is 1.63. The minimum absolute atomic E-state index is 0.120. The number of nitrogens with one attached hydrogen (secondary N) is 1. The van der Waals surface area contributed by atoms with E-state index in [2.05, 4.69) is 36.0 Å². The van der Waals surface area contributed by atoms with Crippen molar-refractivity contribution < 1.29 is 14.3 Å². The Kier molecular flexibility index (Phi) is 6.06. The molecule has 0 aromatic heterocycles. The lowest BCUT2D eigenvalue weighted by atomic mass is 10.0. The van der Waals surface area contributed by atoms with Gasteiger partial charge in [-0.25, -0.2) is 0 Å². The van der Waals surface area contributed by atoms with E-state index in [-0.39, 0.29) is 24.7 Å². The Balaban J connectivity index is 2.35. The van der Waals surface area contributed by atoms with Crippen LogP contribution in [-0.4, -0.2) is 19.0 Å². The third-order valence-electron chi connectivity index (χ3n) is 2.92. The number of amides is 1. The van der Waals surface area contributed by atoms with Crippen molar-refractivity contribution in [1.82, 2.24) is 5.32 Å². The Bertz CT molecular complexity index is 424. The van der Waals surface area contributed by atoms with Gasteiger partial charge < -0.3 is 10.1 Å². The molecule has 0 saturated heterocycles. The lowest BCUT2D eigenvalue weighted by Gasteiger charge is -2.08. The molecule has 1 aromatic carbocycles. The molecule has 0 bridgehead atoms. The summed E-state index contributed by atoms with van der Waals surface area (Å²) in [5, 5.41) is 2.78. The van der Waals surface area contributed by atoms with Crippen LogP contribution in [0.15, 0.2) is 24.3 Å². The molecule has 0 radical (unpaired) electrons. The second-order valence-corrected chi connectivity index (χ2v) is 4.75. The Labute approximate surface area is 114 Å². The summed E-state index contributed by atoms with van der Waals surface area (Å²) in [7, 11) is 1.32. The van der Waals surface area contributed by atoms with Gasteiger partial charge in [0.2, 0.25) is 5.91 Å². The topological polar surface area (TPSA) is 55.4 Å². The minimum atomic E-state index is -0.364. The molecule has 4 heteroatoms. The Morgan fingerprint density at radius 1 is 1.16 bits per heavy atom. The van der Waals surface area contributed by atoms with Crippen LogP contribution in [-0.2, 0) is 20.9 Å². The van der Waals surface area contributed by atoms with Crippen molar-refractivity contribution >= 4 is 11.9 Å². The van der Waals surface area contributed by atoms with Gasteiger partial charge in [0.1, 0.15) is 0 Å². The summed E-state index contributed by atoms with van der Waals surface area (Å²) in [4.78, 5) is 22.4. The summed E-state index contributed by atoms with van der Waals surface area (Å²) in [6, 6.07) is 8.16. The van der Waals surface area contributed by atoms with E-state index in [1.54, 1.807) is 0 Å². The van der Waals surface area contributed by atoms with Crippen molar-refractivity contribution in [2.75, 3.05) is 7.11 Å². The van der Waals surface area contributed by atoms with E-state index in [1.165, 1.54) is 12.7 Å². The molecule has 0 fully saturated rings. The van der Waals surface area contributed by atoms with E-state index < -0.39 is 0 Å². The normalized spacial score (nSPS) is 10.3. The number of esters is 1. The summed E-state index contributed by atoms with van der Waals surface area (Å²) < 4.78 is 4.48. The van der Waals surface area contributed by atoms with Crippen LogP contribution in [0.2, 0.25) is 0 Å². The van der Waals surface area contributed by atoms with Crippen molar-refractivity contribution in [1.29, 1.82) is 0 Å². The Morgan fingerprint density at radius 2 is 1.79 bits per heavy atom. The Morgan fingerprint density at radius 3 is 2.32 bits per heavy atom. The molecule has 0 heterocycles. The quantitative estimate of drug-likeness (QED) is 0.802. The number of carbonyl (C=O) groups is 2. The van der Waals surface area contributed by atoms with Crippen LogP contribution in [0.1, 0.15) is 43.7 Å². The molecule has 1 aromatic rings. The zero-order valence-electron chi connectivity index (χ0n) is 11.7. The van der Waals surface area contributed by atoms with Crippen molar-refractivity contribution in [3.8, 4) is 0 Å². The van der Waals surface area contributed by atoms with Crippen LogP contribution in [0.25, 0.3) is 0 Å². The van der Waals surface area contributed by atoms with Gasteiger partial charge in [-0.15, -0.1) is 0 Å². The predicted molar refractivity (Wildman–Crippen MR) is 73.6 cm³/mol. The van der Waals surface area contributed by atoms with Crippen LogP contribution in [0.5, 0.6) is 0 Å². The maximum absolute atomic E-state index is 11.5. The van der Waals surface area contributed by atoms with E-state index in [0.29, 0.717) is 12.5 Å². The first-order chi connectivity index (χ1) is 9.02. The zero-order valence-corrected chi connectivity index (χ0v) is 11.7. The third-order valence-corrected chi connectivity index (χ3v) is 2.92. The SMILES string of the molecule is COC(=O)CCC(=O)NCc1ccc(C(C)C)cc1. The lowest BCUT2D eigenvalue weighted by Crippen LogP contribution is -2.23. The lowest BCUT2D eigenvalue weighted by molar-refractivity contribution is -0.142. The number of carbonyl (C=O) groups excluding carboxylic acids is 2. The standard InChI is InChI=1S/C15H21NO3/c1-11(2)13-6-4-12(5-7-13)10-16-14(17)8-9-15(18)19-3/h4-7,11H,8-10H2,1-3H3,(H,16,17). The van der Waals surface area contributed by atoms with Gasteiger partial charge in [-0.3, -0.25) is 9.59 Å². The van der Waals surface area contributed by atoms with Crippen molar-refractivity contribution in [3.63, 3.8) is 0 Å². The second kappa shape index (κ2) is 7.56. The highest BCUT2D eigenvalue weighted by atomic mass is 16.5. The van der Waals surface area contributed by atoms with Gasteiger partial charge in [-0.1, -0.05) is 38.1 Å². The molecule has 0 atom stereocenters. The molecule has 19 heavy (non-hydrogen) atoms. The third kappa shape index (κ3) is 5.55. The van der Waals surface area contributed by atoms with Crippen molar-refractivity contribution in [2.45, 2.75) is 39.2 Å². The molecule has 0 aliphatic carbocycles. The second-order valence-electron chi connectivity index (χ2n) is 4.75. The first kappa shape index (κ1) is 15.2. The monoisotopic (exact) mass is 263 g/mol. The molecule has 104 valence electrons. The molecule has 0 spiro atoms. The first-order valence-corrected chi connectivity index (χ1v) is 6.45. The van der Waals surface area contributed by atoms with Gasteiger partial charge in [0.15, 0.2) is 0 Å². The van der Waals surface area contributed by atoms with E-state index in [1.807, 2.05) is 12.1 Å². The van der Waals surface area contributed by atoms with Crippen LogP contribution in [0, 0.1) is 0 Å². The van der Waals surface area contributed by atoms with Crippen LogP contribution in [0.3, 0.4) is 0 Å². The summed E-state index contributed by atoms with van der Waals surface area (Å²) in [6.45, 7) is 4.77. The largest absolute Gasteiger partial charge is 0.469 e. The Hall–Kier alpha value is -1.84. The fourth-order valence-electron chi connectivity index (χ4n) is 1.63. The van der Waals surface area contributed by atoms with Gasteiger partial charge in [0.25, 0.3) is 0 Å². The van der Waals surface area contributed by atoms with Crippen LogP contribution in [0.4, 0.5) is 0 Å². The van der Waals surface area contributed by atoms with Gasteiger partial charge in [0.05, 0.1) is 13.5 Å². The smallest absolute Gasteiger partial charge is 0.306 e. The number of ether oxygens (including phenoxy) is 1. The molecule has 4 nitrogen and oxygen atoms in total. The van der Waals surface area contributed by atoms with Crippen molar-refractivity contribution in [2.24, 2.45) is 0 Å². The molecular formula is C15H21NO3. The average Bonchev–Trinajstić information content (AvgIpc) is 2.42. The summed E-state index contributed by atoms with van der Waals surface area (Å²) in [5.41, 5.74) is 2.33. The highest BCUT2D eigenvalue weighted by Crippen LogP contribution is 2.14. The zero-order chi connectivity index (χ0) is 14.3. The van der Waals surface area contributed by atoms with Crippen LogP contribution >= 0.6 is 0 Å². The summed E-state index contributed by atoms with van der Waals surface area (Å²) >= 11 is 0. The highest BCUT2D eigenvalue weighted by Gasteiger charge is 2.06. The first-order valence-electron chi connectivity index (χ1n) is 6.45. The summed E-state index contributed by atoms with van der Waals surface area (Å²) in [6.07, 6.45) is 0.283.